The molecule has 0 spiro atoms. The molecule has 0 radical (unpaired) electrons. The van der Waals surface area contributed by atoms with E-state index in [-0.39, 0.29) is 11.9 Å². The number of benzene rings is 1. The Morgan fingerprint density at radius 1 is 1.12 bits per heavy atom. The van der Waals surface area contributed by atoms with Gasteiger partial charge in [0.25, 0.3) is 5.91 Å². The number of amides is 1. The van der Waals surface area contributed by atoms with E-state index in [9.17, 15) is 4.79 Å². The molecule has 0 unspecified atom stereocenters. The van der Waals surface area contributed by atoms with Crippen molar-refractivity contribution in [2.24, 2.45) is 0 Å². The first-order valence-electron chi connectivity index (χ1n) is 8.48. The number of nitrogens with zero attached hydrogens (tertiary/aromatic N) is 3. The molecular weight excluding hydrogens is 300 g/mol. The Morgan fingerprint density at radius 3 is 2.33 bits per heavy atom. The maximum absolute atomic E-state index is 12.3. The van der Waals surface area contributed by atoms with Crippen LogP contribution in [0.3, 0.4) is 0 Å². The van der Waals surface area contributed by atoms with Gasteiger partial charge in [-0.15, -0.1) is 0 Å². The van der Waals surface area contributed by atoms with Crippen molar-refractivity contribution in [3.63, 3.8) is 0 Å². The monoisotopic (exact) mass is 328 g/mol. The third-order valence-corrected chi connectivity index (χ3v) is 4.18. The summed E-state index contributed by atoms with van der Waals surface area (Å²) in [4.78, 5) is 14.6. The van der Waals surface area contributed by atoms with Crippen LogP contribution in [0.25, 0.3) is 0 Å². The van der Waals surface area contributed by atoms with Gasteiger partial charge in [0.15, 0.2) is 0 Å². The van der Waals surface area contributed by atoms with Gasteiger partial charge in [-0.2, -0.15) is 5.10 Å². The Kier molecular flexibility index (Phi) is 6.15. The predicted molar refractivity (Wildman–Crippen MR) is 96.8 cm³/mol. The molecule has 1 N–H and O–H groups in total. The molecule has 0 saturated carbocycles. The minimum Gasteiger partial charge on any atom is -0.347 e. The minimum absolute atomic E-state index is 0.0928. The topological polar surface area (TPSA) is 50.2 Å². The van der Waals surface area contributed by atoms with E-state index in [0.29, 0.717) is 18.3 Å². The summed E-state index contributed by atoms with van der Waals surface area (Å²) in [5.41, 5.74) is 2.97. The van der Waals surface area contributed by atoms with E-state index in [1.807, 2.05) is 13.8 Å². The molecule has 1 aromatic carbocycles. The van der Waals surface area contributed by atoms with Gasteiger partial charge in [0.1, 0.15) is 5.69 Å². The van der Waals surface area contributed by atoms with Crippen LogP contribution in [0.4, 0.5) is 0 Å². The van der Waals surface area contributed by atoms with E-state index < -0.39 is 0 Å². The Bertz CT molecular complexity index is 658. The van der Waals surface area contributed by atoms with Crippen molar-refractivity contribution in [3.8, 4) is 0 Å². The second-order valence-electron chi connectivity index (χ2n) is 6.76. The fourth-order valence-corrected chi connectivity index (χ4v) is 2.41. The molecule has 1 amide bonds. The van der Waals surface area contributed by atoms with Crippen LogP contribution in [0.1, 0.15) is 55.4 Å². The van der Waals surface area contributed by atoms with Crippen LogP contribution in [0.5, 0.6) is 0 Å². The zero-order chi connectivity index (χ0) is 17.7. The van der Waals surface area contributed by atoms with E-state index >= 15 is 0 Å². The lowest BCUT2D eigenvalue weighted by molar-refractivity contribution is 0.0938. The summed E-state index contributed by atoms with van der Waals surface area (Å²) in [5.74, 6) is -0.0928. The van der Waals surface area contributed by atoms with Crippen LogP contribution in [0, 0.1) is 0 Å². The van der Waals surface area contributed by atoms with E-state index in [2.05, 4.69) is 60.5 Å². The summed E-state index contributed by atoms with van der Waals surface area (Å²) in [6.07, 6.45) is 1.66. The zero-order valence-electron chi connectivity index (χ0n) is 15.3. The average Bonchev–Trinajstić information content (AvgIpc) is 3.03. The molecule has 5 heteroatoms. The number of hydrogen-bond donors (Lipinski definition) is 1. The van der Waals surface area contributed by atoms with E-state index in [1.165, 1.54) is 5.56 Å². The van der Waals surface area contributed by atoms with Gasteiger partial charge < -0.3 is 5.32 Å². The summed E-state index contributed by atoms with van der Waals surface area (Å²) < 4.78 is 1.74. The maximum Gasteiger partial charge on any atom is 0.269 e. The van der Waals surface area contributed by atoms with Crippen LogP contribution >= 0.6 is 0 Å². The first-order valence-corrected chi connectivity index (χ1v) is 8.48. The number of carbonyl (C=O) groups is 1. The van der Waals surface area contributed by atoms with Crippen molar-refractivity contribution in [1.29, 1.82) is 0 Å². The molecule has 24 heavy (non-hydrogen) atoms. The van der Waals surface area contributed by atoms with Gasteiger partial charge in [0.05, 0.1) is 0 Å². The normalized spacial score (nSPS) is 11.5. The molecule has 0 fully saturated rings. The number of carbonyl (C=O) groups excluding carboxylic acids is 1. The Hall–Kier alpha value is -2.14. The van der Waals surface area contributed by atoms with Crippen LogP contribution in [-0.4, -0.2) is 33.7 Å². The maximum atomic E-state index is 12.3. The Labute approximate surface area is 144 Å². The molecule has 130 valence electrons. The second-order valence-corrected chi connectivity index (χ2v) is 6.76. The lowest BCUT2D eigenvalue weighted by atomic mass is 10.1. The van der Waals surface area contributed by atoms with E-state index in [1.54, 1.807) is 16.9 Å². The van der Waals surface area contributed by atoms with Gasteiger partial charge in [0, 0.05) is 31.4 Å². The highest BCUT2D eigenvalue weighted by Gasteiger charge is 2.13. The van der Waals surface area contributed by atoms with Crippen molar-refractivity contribution < 1.29 is 4.79 Å². The third-order valence-electron chi connectivity index (χ3n) is 4.18. The van der Waals surface area contributed by atoms with Gasteiger partial charge in [0.2, 0.25) is 0 Å². The Morgan fingerprint density at radius 2 is 1.75 bits per heavy atom. The van der Waals surface area contributed by atoms with Crippen molar-refractivity contribution in [3.05, 3.63) is 53.3 Å². The summed E-state index contributed by atoms with van der Waals surface area (Å²) in [7, 11) is 2.12. The molecule has 0 aliphatic rings. The zero-order valence-corrected chi connectivity index (χ0v) is 15.3. The molecule has 2 rings (SSSR count). The number of rotatable bonds is 7. The summed E-state index contributed by atoms with van der Waals surface area (Å²) >= 11 is 0. The average molecular weight is 328 g/mol. The first-order chi connectivity index (χ1) is 11.4. The van der Waals surface area contributed by atoms with Gasteiger partial charge in [-0.3, -0.25) is 14.4 Å². The minimum atomic E-state index is -0.0928. The molecular formula is C19H28N4O. The lowest BCUT2D eigenvalue weighted by Crippen LogP contribution is -2.26. The molecule has 0 atom stereocenters. The number of nitrogens with one attached hydrogen (secondary N) is 1. The van der Waals surface area contributed by atoms with Crippen molar-refractivity contribution in [2.45, 2.75) is 52.9 Å². The standard InChI is InChI=1S/C19H28N4O/c1-14(2)22(5)13-17-8-6-16(7-9-17)12-20-19(24)18-10-11-21-23(18)15(3)4/h6-11,14-15H,12-13H2,1-5H3,(H,20,24). The van der Waals surface area contributed by atoms with Gasteiger partial charge in [-0.25, -0.2) is 0 Å². The summed E-state index contributed by atoms with van der Waals surface area (Å²) in [6.45, 7) is 9.84. The van der Waals surface area contributed by atoms with Crippen LogP contribution < -0.4 is 5.32 Å². The molecule has 0 aliphatic carbocycles. The molecule has 2 aromatic rings. The fraction of sp³-hybridized carbons (Fsp3) is 0.474. The number of aromatic nitrogens is 2. The van der Waals surface area contributed by atoms with Crippen molar-refractivity contribution in [2.75, 3.05) is 7.05 Å². The Balaban J connectivity index is 1.92. The third kappa shape index (κ3) is 4.68. The van der Waals surface area contributed by atoms with Gasteiger partial charge >= 0.3 is 0 Å². The molecule has 0 saturated heterocycles. The first kappa shape index (κ1) is 18.2. The quantitative estimate of drug-likeness (QED) is 0.849. The van der Waals surface area contributed by atoms with E-state index in [4.69, 9.17) is 0 Å². The predicted octanol–water partition coefficient (Wildman–Crippen LogP) is 3.23. The highest BCUT2D eigenvalue weighted by molar-refractivity contribution is 5.92. The smallest absolute Gasteiger partial charge is 0.269 e. The summed E-state index contributed by atoms with van der Waals surface area (Å²) in [6, 6.07) is 10.8. The van der Waals surface area contributed by atoms with Crippen molar-refractivity contribution in [1.82, 2.24) is 20.0 Å². The fourth-order valence-electron chi connectivity index (χ4n) is 2.41. The van der Waals surface area contributed by atoms with E-state index in [0.717, 1.165) is 12.1 Å². The van der Waals surface area contributed by atoms with Gasteiger partial charge in [-0.05, 0) is 51.9 Å². The molecule has 5 nitrogen and oxygen atoms in total. The molecule has 1 aromatic heterocycles. The van der Waals surface area contributed by atoms with Crippen molar-refractivity contribution >= 4 is 5.91 Å². The largest absolute Gasteiger partial charge is 0.347 e. The molecule has 0 bridgehead atoms. The second kappa shape index (κ2) is 8.11. The lowest BCUT2D eigenvalue weighted by Gasteiger charge is -2.21. The highest BCUT2D eigenvalue weighted by atomic mass is 16.2. The van der Waals surface area contributed by atoms with Crippen LogP contribution in [0.15, 0.2) is 36.5 Å². The van der Waals surface area contributed by atoms with Gasteiger partial charge in [-0.1, -0.05) is 24.3 Å². The highest BCUT2D eigenvalue weighted by Crippen LogP contribution is 2.10. The summed E-state index contributed by atoms with van der Waals surface area (Å²) in [5, 5.41) is 7.16. The van der Waals surface area contributed by atoms with Crippen LogP contribution in [-0.2, 0) is 13.1 Å². The SMILES string of the molecule is CC(C)N(C)Cc1ccc(CNC(=O)c2ccnn2C(C)C)cc1. The molecule has 1 heterocycles. The van der Waals surface area contributed by atoms with Crippen LogP contribution in [0.2, 0.25) is 0 Å². The number of hydrogen-bond acceptors (Lipinski definition) is 3. The molecule has 0 aliphatic heterocycles.